The first-order valence-electron chi connectivity index (χ1n) is 5.74. The molecule has 2 N–H and O–H groups in total. The van der Waals surface area contributed by atoms with Crippen molar-refractivity contribution in [2.24, 2.45) is 12.8 Å². The van der Waals surface area contributed by atoms with Gasteiger partial charge in [0.15, 0.2) is 0 Å². The molecule has 1 fully saturated rings. The summed E-state index contributed by atoms with van der Waals surface area (Å²) in [5.74, 6) is 0. The van der Waals surface area contributed by atoms with Crippen molar-refractivity contribution in [2.45, 2.75) is 32.4 Å². The van der Waals surface area contributed by atoms with Crippen molar-refractivity contribution < 1.29 is 0 Å². The summed E-state index contributed by atoms with van der Waals surface area (Å²) in [6.45, 7) is 5.18. The van der Waals surface area contributed by atoms with E-state index in [0.29, 0.717) is 6.04 Å². The van der Waals surface area contributed by atoms with Crippen molar-refractivity contribution in [3.8, 4) is 0 Å². The van der Waals surface area contributed by atoms with Crippen molar-refractivity contribution in [1.82, 2.24) is 14.7 Å². The van der Waals surface area contributed by atoms with Gasteiger partial charge in [0.2, 0.25) is 0 Å². The van der Waals surface area contributed by atoms with Crippen molar-refractivity contribution in [2.75, 3.05) is 13.1 Å². The molecule has 0 spiro atoms. The van der Waals surface area contributed by atoms with Crippen LogP contribution in [0.15, 0.2) is 4.47 Å². The molecule has 1 aromatic heterocycles. The van der Waals surface area contributed by atoms with Gasteiger partial charge in [0.25, 0.3) is 0 Å². The van der Waals surface area contributed by atoms with E-state index in [2.05, 4.69) is 25.9 Å². The number of piperidine rings is 1. The monoisotopic (exact) mass is 286 g/mol. The smallest absolute Gasteiger partial charge is 0.0739 e. The van der Waals surface area contributed by atoms with Gasteiger partial charge >= 0.3 is 0 Å². The van der Waals surface area contributed by atoms with Crippen LogP contribution >= 0.6 is 15.9 Å². The highest BCUT2D eigenvalue weighted by atomic mass is 79.9. The first-order valence-corrected chi connectivity index (χ1v) is 6.53. The van der Waals surface area contributed by atoms with E-state index in [-0.39, 0.29) is 0 Å². The van der Waals surface area contributed by atoms with Crippen LogP contribution < -0.4 is 5.73 Å². The fourth-order valence-electron chi connectivity index (χ4n) is 2.17. The number of hydrogen-bond donors (Lipinski definition) is 1. The summed E-state index contributed by atoms with van der Waals surface area (Å²) in [6, 6.07) is 0.396. The molecule has 0 aliphatic carbocycles. The van der Waals surface area contributed by atoms with Crippen LogP contribution in [0.2, 0.25) is 0 Å². The molecule has 0 aromatic carbocycles. The quantitative estimate of drug-likeness (QED) is 0.894. The first kappa shape index (κ1) is 12.1. The molecule has 1 aliphatic rings. The average molecular weight is 287 g/mol. The van der Waals surface area contributed by atoms with Gasteiger partial charge in [0.1, 0.15) is 0 Å². The number of nitrogens with zero attached hydrogens (tertiary/aromatic N) is 3. The fourth-order valence-corrected chi connectivity index (χ4v) is 2.64. The molecular formula is C11H19BrN4. The number of halogens is 1. The Morgan fingerprint density at radius 3 is 2.56 bits per heavy atom. The number of aryl methyl sites for hydroxylation is 2. The van der Waals surface area contributed by atoms with Crippen LogP contribution in [0, 0.1) is 6.92 Å². The first-order chi connectivity index (χ1) is 7.58. The van der Waals surface area contributed by atoms with E-state index in [0.717, 1.165) is 42.6 Å². The molecule has 0 bridgehead atoms. The highest BCUT2D eigenvalue weighted by Crippen LogP contribution is 2.22. The Bertz CT molecular complexity index is 366. The Labute approximate surface area is 105 Å². The number of nitrogens with two attached hydrogens (primary N) is 1. The molecule has 0 atom stereocenters. The second-order valence-electron chi connectivity index (χ2n) is 4.58. The molecule has 16 heavy (non-hydrogen) atoms. The molecule has 2 rings (SSSR count). The van der Waals surface area contributed by atoms with Gasteiger partial charge in [-0.25, -0.2) is 0 Å². The van der Waals surface area contributed by atoms with Crippen molar-refractivity contribution in [3.05, 3.63) is 15.9 Å². The van der Waals surface area contributed by atoms with E-state index in [1.165, 1.54) is 5.69 Å². The van der Waals surface area contributed by atoms with Crippen LogP contribution in [-0.2, 0) is 13.6 Å². The zero-order chi connectivity index (χ0) is 11.7. The lowest BCUT2D eigenvalue weighted by Gasteiger charge is -2.30. The molecule has 2 heterocycles. The Kier molecular flexibility index (Phi) is 3.66. The van der Waals surface area contributed by atoms with Crippen LogP contribution in [0.4, 0.5) is 0 Å². The zero-order valence-electron chi connectivity index (χ0n) is 9.91. The van der Waals surface area contributed by atoms with E-state index < -0.39 is 0 Å². The third kappa shape index (κ3) is 2.47. The van der Waals surface area contributed by atoms with Crippen molar-refractivity contribution >= 4 is 15.9 Å². The largest absolute Gasteiger partial charge is 0.328 e. The molecule has 0 saturated carbocycles. The standard InChI is InChI=1S/C11H19BrN4/c1-8-11(12)10(15(2)14-8)7-16-5-3-9(13)4-6-16/h9H,3-7,13H2,1-2H3. The highest BCUT2D eigenvalue weighted by Gasteiger charge is 2.19. The Balaban J connectivity index is 2.03. The molecule has 0 radical (unpaired) electrons. The number of hydrogen-bond acceptors (Lipinski definition) is 3. The van der Waals surface area contributed by atoms with Crippen LogP contribution in [0.25, 0.3) is 0 Å². The SMILES string of the molecule is Cc1nn(C)c(CN2CCC(N)CC2)c1Br. The summed E-state index contributed by atoms with van der Waals surface area (Å²) in [5.41, 5.74) is 8.22. The second-order valence-corrected chi connectivity index (χ2v) is 5.38. The summed E-state index contributed by atoms with van der Waals surface area (Å²) < 4.78 is 3.11. The molecular weight excluding hydrogens is 268 g/mol. The average Bonchev–Trinajstić information content (AvgIpc) is 2.48. The van der Waals surface area contributed by atoms with Gasteiger partial charge in [0.05, 0.1) is 15.9 Å². The van der Waals surface area contributed by atoms with Crippen LogP contribution in [0.3, 0.4) is 0 Å². The summed E-state index contributed by atoms with van der Waals surface area (Å²) in [4.78, 5) is 2.45. The molecule has 1 aliphatic heterocycles. The number of aromatic nitrogens is 2. The lowest BCUT2D eigenvalue weighted by Crippen LogP contribution is -2.39. The molecule has 1 saturated heterocycles. The number of likely N-dealkylation sites (tertiary alicyclic amines) is 1. The normalized spacial score (nSPS) is 19.2. The zero-order valence-corrected chi connectivity index (χ0v) is 11.5. The molecule has 90 valence electrons. The summed E-state index contributed by atoms with van der Waals surface area (Å²) in [6.07, 6.45) is 2.21. The lowest BCUT2D eigenvalue weighted by molar-refractivity contribution is 0.201. The summed E-state index contributed by atoms with van der Waals surface area (Å²) in [7, 11) is 2.00. The van der Waals surface area contributed by atoms with Gasteiger partial charge in [0, 0.05) is 32.7 Å². The summed E-state index contributed by atoms with van der Waals surface area (Å²) >= 11 is 3.60. The minimum absolute atomic E-state index is 0.396. The van der Waals surface area contributed by atoms with E-state index in [1.807, 2.05) is 18.7 Å². The molecule has 5 heteroatoms. The van der Waals surface area contributed by atoms with Gasteiger partial charge in [-0.2, -0.15) is 5.10 Å². The number of rotatable bonds is 2. The topological polar surface area (TPSA) is 47.1 Å². The van der Waals surface area contributed by atoms with Crippen molar-refractivity contribution in [3.63, 3.8) is 0 Å². The Morgan fingerprint density at radius 1 is 1.44 bits per heavy atom. The van der Waals surface area contributed by atoms with Crippen molar-refractivity contribution in [1.29, 1.82) is 0 Å². The molecule has 0 amide bonds. The Hall–Kier alpha value is -0.390. The summed E-state index contributed by atoms with van der Waals surface area (Å²) in [5, 5.41) is 4.41. The lowest BCUT2D eigenvalue weighted by atomic mass is 10.1. The van der Waals surface area contributed by atoms with Gasteiger partial charge in [-0.05, 0) is 35.7 Å². The minimum Gasteiger partial charge on any atom is -0.328 e. The third-order valence-electron chi connectivity index (χ3n) is 3.27. The van der Waals surface area contributed by atoms with E-state index in [9.17, 15) is 0 Å². The minimum atomic E-state index is 0.396. The molecule has 0 unspecified atom stereocenters. The van der Waals surface area contributed by atoms with Crippen LogP contribution in [0.5, 0.6) is 0 Å². The fraction of sp³-hybridized carbons (Fsp3) is 0.727. The van der Waals surface area contributed by atoms with Gasteiger partial charge in [-0.15, -0.1) is 0 Å². The van der Waals surface area contributed by atoms with Crippen LogP contribution in [-0.4, -0.2) is 33.8 Å². The second kappa shape index (κ2) is 4.85. The van der Waals surface area contributed by atoms with Gasteiger partial charge in [-0.3, -0.25) is 9.58 Å². The maximum atomic E-state index is 5.90. The molecule has 4 nitrogen and oxygen atoms in total. The van der Waals surface area contributed by atoms with E-state index in [1.54, 1.807) is 0 Å². The maximum absolute atomic E-state index is 5.90. The predicted molar refractivity (Wildman–Crippen MR) is 68.1 cm³/mol. The van der Waals surface area contributed by atoms with E-state index in [4.69, 9.17) is 5.73 Å². The maximum Gasteiger partial charge on any atom is 0.0739 e. The van der Waals surface area contributed by atoms with E-state index >= 15 is 0 Å². The Morgan fingerprint density at radius 2 is 2.06 bits per heavy atom. The third-order valence-corrected chi connectivity index (χ3v) is 4.30. The van der Waals surface area contributed by atoms with Gasteiger partial charge in [-0.1, -0.05) is 0 Å². The molecule has 1 aromatic rings. The van der Waals surface area contributed by atoms with Gasteiger partial charge < -0.3 is 5.73 Å². The predicted octanol–water partition coefficient (Wildman–Crippen LogP) is 1.41. The van der Waals surface area contributed by atoms with Crippen LogP contribution in [0.1, 0.15) is 24.2 Å². The highest BCUT2D eigenvalue weighted by molar-refractivity contribution is 9.10.